The first-order valence-corrected chi connectivity index (χ1v) is 7.50. The predicted octanol–water partition coefficient (Wildman–Crippen LogP) is 2.77. The van der Waals surface area contributed by atoms with Gasteiger partial charge in [-0.2, -0.15) is 0 Å². The zero-order valence-corrected chi connectivity index (χ0v) is 12.4. The number of amides is 1. The third kappa shape index (κ3) is 4.51. The van der Waals surface area contributed by atoms with Crippen LogP contribution < -0.4 is 0 Å². The van der Waals surface area contributed by atoms with Crippen LogP contribution in [-0.2, 0) is 9.59 Å². The molecular weight excluding hydrogens is 242 g/mol. The Morgan fingerprint density at radius 1 is 1.32 bits per heavy atom. The van der Waals surface area contributed by atoms with E-state index in [1.807, 2.05) is 6.92 Å². The van der Waals surface area contributed by atoms with Gasteiger partial charge in [0.25, 0.3) is 0 Å². The van der Waals surface area contributed by atoms with Crippen molar-refractivity contribution in [3.8, 4) is 0 Å². The number of hydrogen-bond acceptors (Lipinski definition) is 2. The Kier molecular flexibility index (Phi) is 6.32. The van der Waals surface area contributed by atoms with Gasteiger partial charge in [0.2, 0.25) is 5.91 Å². The molecule has 0 aromatic heterocycles. The summed E-state index contributed by atoms with van der Waals surface area (Å²) in [5, 5.41) is 9.09. The molecule has 0 saturated carbocycles. The second-order valence-electron chi connectivity index (χ2n) is 5.84. The number of rotatable bonds is 7. The van der Waals surface area contributed by atoms with E-state index >= 15 is 0 Å². The van der Waals surface area contributed by atoms with Gasteiger partial charge in [0.05, 0.1) is 5.92 Å². The molecule has 0 aromatic carbocycles. The van der Waals surface area contributed by atoms with Gasteiger partial charge < -0.3 is 10.0 Å². The molecule has 1 amide bonds. The lowest BCUT2D eigenvalue weighted by molar-refractivity contribution is -0.142. The zero-order valence-electron chi connectivity index (χ0n) is 12.4. The van der Waals surface area contributed by atoms with Crippen LogP contribution in [0.25, 0.3) is 0 Å². The minimum absolute atomic E-state index is 0.0668. The standard InChI is InChI=1S/C15H27NO3/c1-4-6-7-12(5-2)8-14(17)16-9-11(3)13(10-16)15(18)19/h11-13H,4-10H2,1-3H3,(H,18,19)/t11-,12?,13-/m1/s1. The number of aliphatic carboxylic acids is 1. The number of carboxylic acids is 1. The molecule has 0 spiro atoms. The van der Waals surface area contributed by atoms with Crippen molar-refractivity contribution in [1.29, 1.82) is 0 Å². The maximum atomic E-state index is 12.2. The number of unbranched alkanes of at least 4 members (excludes halogenated alkanes) is 1. The molecule has 1 unspecified atom stereocenters. The van der Waals surface area contributed by atoms with Gasteiger partial charge in [0.15, 0.2) is 0 Å². The SMILES string of the molecule is CCCCC(CC)CC(=O)N1C[C@@H](C)[C@H](C(=O)O)C1. The van der Waals surface area contributed by atoms with E-state index in [0.29, 0.717) is 25.4 Å². The molecule has 1 fully saturated rings. The van der Waals surface area contributed by atoms with Crippen molar-refractivity contribution >= 4 is 11.9 Å². The normalized spacial score (nSPS) is 24.5. The van der Waals surface area contributed by atoms with E-state index in [-0.39, 0.29) is 17.7 Å². The number of carbonyl (C=O) groups excluding carboxylic acids is 1. The number of carboxylic acid groups (broad SMARTS) is 1. The van der Waals surface area contributed by atoms with E-state index in [1.54, 1.807) is 4.90 Å². The molecule has 1 heterocycles. The van der Waals surface area contributed by atoms with Gasteiger partial charge in [-0.15, -0.1) is 0 Å². The van der Waals surface area contributed by atoms with Gasteiger partial charge in [-0.1, -0.05) is 40.0 Å². The minimum Gasteiger partial charge on any atom is -0.481 e. The van der Waals surface area contributed by atoms with Crippen LogP contribution in [0.4, 0.5) is 0 Å². The van der Waals surface area contributed by atoms with Crippen LogP contribution in [0.15, 0.2) is 0 Å². The van der Waals surface area contributed by atoms with Crippen molar-refractivity contribution < 1.29 is 14.7 Å². The monoisotopic (exact) mass is 269 g/mol. The Labute approximate surface area is 116 Å². The lowest BCUT2D eigenvalue weighted by Crippen LogP contribution is -2.31. The highest BCUT2D eigenvalue weighted by Gasteiger charge is 2.37. The first-order valence-electron chi connectivity index (χ1n) is 7.50. The number of nitrogens with zero attached hydrogens (tertiary/aromatic N) is 1. The zero-order chi connectivity index (χ0) is 14.4. The molecule has 1 rings (SSSR count). The highest BCUT2D eigenvalue weighted by Crippen LogP contribution is 2.25. The third-order valence-electron chi connectivity index (χ3n) is 4.29. The molecule has 110 valence electrons. The highest BCUT2D eigenvalue weighted by atomic mass is 16.4. The molecule has 1 aliphatic rings. The average molecular weight is 269 g/mol. The van der Waals surface area contributed by atoms with E-state index in [9.17, 15) is 9.59 Å². The molecule has 0 bridgehead atoms. The van der Waals surface area contributed by atoms with E-state index in [2.05, 4.69) is 13.8 Å². The summed E-state index contributed by atoms with van der Waals surface area (Å²) in [6.45, 7) is 7.19. The molecule has 0 radical (unpaired) electrons. The van der Waals surface area contributed by atoms with Crippen LogP contribution >= 0.6 is 0 Å². The van der Waals surface area contributed by atoms with Crippen molar-refractivity contribution in [2.24, 2.45) is 17.8 Å². The fourth-order valence-corrected chi connectivity index (χ4v) is 2.81. The van der Waals surface area contributed by atoms with Gasteiger partial charge in [-0.25, -0.2) is 0 Å². The topological polar surface area (TPSA) is 57.6 Å². The lowest BCUT2D eigenvalue weighted by atomic mass is 9.95. The Morgan fingerprint density at radius 3 is 2.47 bits per heavy atom. The summed E-state index contributed by atoms with van der Waals surface area (Å²) in [5.74, 6) is -0.511. The lowest BCUT2D eigenvalue weighted by Gasteiger charge is -2.20. The molecule has 4 nitrogen and oxygen atoms in total. The predicted molar refractivity (Wildman–Crippen MR) is 74.8 cm³/mol. The van der Waals surface area contributed by atoms with E-state index in [0.717, 1.165) is 19.3 Å². The molecule has 1 N–H and O–H groups in total. The van der Waals surface area contributed by atoms with Crippen molar-refractivity contribution in [3.05, 3.63) is 0 Å². The van der Waals surface area contributed by atoms with E-state index in [1.165, 1.54) is 6.42 Å². The molecule has 1 saturated heterocycles. The van der Waals surface area contributed by atoms with Crippen LogP contribution in [0.3, 0.4) is 0 Å². The van der Waals surface area contributed by atoms with Gasteiger partial charge in [0.1, 0.15) is 0 Å². The number of carbonyl (C=O) groups is 2. The van der Waals surface area contributed by atoms with Crippen LogP contribution in [0, 0.1) is 17.8 Å². The molecular formula is C15H27NO3. The Balaban J connectivity index is 2.47. The molecule has 3 atom stereocenters. The first-order chi connectivity index (χ1) is 8.99. The Bertz CT molecular complexity index is 317. The van der Waals surface area contributed by atoms with Crippen molar-refractivity contribution in [2.75, 3.05) is 13.1 Å². The molecule has 4 heteroatoms. The fourth-order valence-electron chi connectivity index (χ4n) is 2.81. The summed E-state index contributed by atoms with van der Waals surface area (Å²) in [5.41, 5.74) is 0. The van der Waals surface area contributed by atoms with Crippen molar-refractivity contribution in [2.45, 2.75) is 52.9 Å². The third-order valence-corrected chi connectivity index (χ3v) is 4.29. The van der Waals surface area contributed by atoms with Crippen LogP contribution in [0.1, 0.15) is 52.9 Å². The van der Waals surface area contributed by atoms with Crippen molar-refractivity contribution in [1.82, 2.24) is 4.90 Å². The summed E-state index contributed by atoms with van der Waals surface area (Å²) in [6.07, 6.45) is 5.03. The number of hydrogen-bond donors (Lipinski definition) is 1. The molecule has 1 aliphatic heterocycles. The Morgan fingerprint density at radius 2 is 2.00 bits per heavy atom. The molecule has 0 aliphatic carbocycles. The largest absolute Gasteiger partial charge is 0.481 e. The van der Waals surface area contributed by atoms with Crippen LogP contribution in [0.2, 0.25) is 0 Å². The number of likely N-dealkylation sites (tertiary alicyclic amines) is 1. The first kappa shape index (κ1) is 16.0. The highest BCUT2D eigenvalue weighted by molar-refractivity contribution is 5.79. The summed E-state index contributed by atoms with van der Waals surface area (Å²) in [6, 6.07) is 0. The summed E-state index contributed by atoms with van der Waals surface area (Å²) >= 11 is 0. The average Bonchev–Trinajstić information content (AvgIpc) is 2.76. The molecule has 0 aromatic rings. The van der Waals surface area contributed by atoms with Gasteiger partial charge >= 0.3 is 5.97 Å². The maximum Gasteiger partial charge on any atom is 0.308 e. The second kappa shape index (κ2) is 7.51. The van der Waals surface area contributed by atoms with Crippen LogP contribution in [-0.4, -0.2) is 35.0 Å². The maximum absolute atomic E-state index is 12.2. The summed E-state index contributed by atoms with van der Waals surface area (Å²) < 4.78 is 0. The van der Waals surface area contributed by atoms with E-state index in [4.69, 9.17) is 5.11 Å². The van der Waals surface area contributed by atoms with Crippen molar-refractivity contribution in [3.63, 3.8) is 0 Å². The van der Waals surface area contributed by atoms with Gasteiger partial charge in [-0.3, -0.25) is 9.59 Å². The molecule has 19 heavy (non-hydrogen) atoms. The van der Waals surface area contributed by atoms with E-state index < -0.39 is 5.97 Å². The smallest absolute Gasteiger partial charge is 0.308 e. The quantitative estimate of drug-likeness (QED) is 0.773. The summed E-state index contributed by atoms with van der Waals surface area (Å²) in [7, 11) is 0. The van der Waals surface area contributed by atoms with Gasteiger partial charge in [-0.05, 0) is 18.3 Å². The Hall–Kier alpha value is -1.06. The fraction of sp³-hybridized carbons (Fsp3) is 0.867. The second-order valence-corrected chi connectivity index (χ2v) is 5.84. The minimum atomic E-state index is -0.777. The van der Waals surface area contributed by atoms with Gasteiger partial charge in [0, 0.05) is 19.5 Å². The summed E-state index contributed by atoms with van der Waals surface area (Å²) in [4.78, 5) is 25.0. The van der Waals surface area contributed by atoms with Crippen LogP contribution in [0.5, 0.6) is 0 Å².